The summed E-state index contributed by atoms with van der Waals surface area (Å²) >= 11 is 0. The van der Waals surface area contributed by atoms with Gasteiger partial charge in [-0.2, -0.15) is 5.10 Å². The van der Waals surface area contributed by atoms with Crippen LogP contribution in [0.3, 0.4) is 0 Å². The molecule has 0 amide bonds. The average Bonchev–Trinajstić information content (AvgIpc) is 2.68. The summed E-state index contributed by atoms with van der Waals surface area (Å²) in [5.41, 5.74) is 6.73. The van der Waals surface area contributed by atoms with Crippen LogP contribution in [0.5, 0.6) is 0 Å². The molecule has 0 aromatic carbocycles. The number of hydrogen-bond donors (Lipinski definition) is 1. The van der Waals surface area contributed by atoms with Gasteiger partial charge in [-0.1, -0.05) is 0 Å². The highest BCUT2D eigenvalue weighted by Crippen LogP contribution is 2.21. The van der Waals surface area contributed by atoms with Crippen molar-refractivity contribution in [1.82, 2.24) is 9.78 Å². The molecule has 0 saturated carbocycles. The Kier molecular flexibility index (Phi) is 2.62. The summed E-state index contributed by atoms with van der Waals surface area (Å²) in [6, 6.07) is 5.16. The Labute approximate surface area is 92.5 Å². The summed E-state index contributed by atoms with van der Waals surface area (Å²) in [5.74, 6) is 1.43. The molecule has 2 rings (SSSR count). The van der Waals surface area contributed by atoms with Gasteiger partial charge in [0.25, 0.3) is 5.56 Å². The molecule has 0 aliphatic rings. The molecule has 2 aromatic rings. The van der Waals surface area contributed by atoms with E-state index in [4.69, 9.17) is 10.2 Å². The van der Waals surface area contributed by atoms with E-state index < -0.39 is 0 Å². The van der Waals surface area contributed by atoms with Crippen molar-refractivity contribution in [2.45, 2.75) is 13.5 Å². The summed E-state index contributed by atoms with van der Waals surface area (Å²) in [4.78, 5) is 11.4. The molecule has 0 saturated heterocycles. The fourth-order valence-corrected chi connectivity index (χ4v) is 1.50. The Morgan fingerprint density at radius 3 is 2.81 bits per heavy atom. The van der Waals surface area contributed by atoms with Gasteiger partial charge in [0.15, 0.2) is 5.76 Å². The van der Waals surface area contributed by atoms with Crippen molar-refractivity contribution in [3.8, 4) is 11.5 Å². The van der Waals surface area contributed by atoms with Gasteiger partial charge in [0.2, 0.25) is 0 Å². The van der Waals surface area contributed by atoms with Crippen LogP contribution in [-0.4, -0.2) is 9.78 Å². The molecule has 0 aliphatic carbocycles. The van der Waals surface area contributed by atoms with E-state index in [2.05, 4.69) is 5.10 Å². The van der Waals surface area contributed by atoms with E-state index in [-0.39, 0.29) is 12.1 Å². The number of hydrogen-bond acceptors (Lipinski definition) is 4. The molecule has 0 radical (unpaired) electrons. The zero-order valence-electron chi connectivity index (χ0n) is 9.23. The van der Waals surface area contributed by atoms with Crippen LogP contribution in [-0.2, 0) is 13.6 Å². The molecule has 16 heavy (non-hydrogen) atoms. The molecule has 2 heterocycles. The molecule has 5 heteroatoms. The third-order valence-electron chi connectivity index (χ3n) is 2.36. The fraction of sp³-hybridized carbons (Fsp3) is 0.273. The van der Waals surface area contributed by atoms with Gasteiger partial charge < -0.3 is 10.2 Å². The summed E-state index contributed by atoms with van der Waals surface area (Å²) < 4.78 is 6.74. The van der Waals surface area contributed by atoms with Gasteiger partial charge in [0.1, 0.15) is 11.5 Å². The van der Waals surface area contributed by atoms with E-state index in [1.54, 1.807) is 7.05 Å². The molecule has 0 fully saturated rings. The second-order valence-electron chi connectivity index (χ2n) is 3.59. The molecule has 0 bridgehead atoms. The number of aryl methyl sites for hydroxylation is 2. The van der Waals surface area contributed by atoms with E-state index in [1.807, 2.05) is 19.1 Å². The summed E-state index contributed by atoms with van der Waals surface area (Å²) in [6.07, 6.45) is 0. The largest absolute Gasteiger partial charge is 0.460 e. The van der Waals surface area contributed by atoms with Crippen molar-refractivity contribution >= 4 is 0 Å². The molecule has 84 valence electrons. The van der Waals surface area contributed by atoms with Gasteiger partial charge in [-0.15, -0.1) is 0 Å². The summed E-state index contributed by atoms with van der Waals surface area (Å²) in [6.45, 7) is 2.12. The van der Waals surface area contributed by atoms with Gasteiger partial charge in [0.05, 0.1) is 0 Å². The van der Waals surface area contributed by atoms with Crippen LogP contribution in [0.1, 0.15) is 11.3 Å². The van der Waals surface area contributed by atoms with Crippen LogP contribution in [0.15, 0.2) is 27.4 Å². The Hall–Kier alpha value is -1.88. The summed E-state index contributed by atoms with van der Waals surface area (Å²) in [5, 5.41) is 4.16. The third-order valence-corrected chi connectivity index (χ3v) is 2.36. The van der Waals surface area contributed by atoms with Crippen LogP contribution in [0.4, 0.5) is 0 Å². The zero-order valence-corrected chi connectivity index (χ0v) is 9.23. The van der Waals surface area contributed by atoms with Gasteiger partial charge >= 0.3 is 0 Å². The van der Waals surface area contributed by atoms with Crippen LogP contribution in [0.2, 0.25) is 0 Å². The van der Waals surface area contributed by atoms with Crippen LogP contribution >= 0.6 is 0 Å². The lowest BCUT2D eigenvalue weighted by Crippen LogP contribution is -2.21. The molecule has 0 atom stereocenters. The molecular formula is C11H13N3O2. The maximum Gasteiger partial charge on any atom is 0.266 e. The number of furan rings is 1. The van der Waals surface area contributed by atoms with Gasteiger partial charge in [-0.05, 0) is 19.1 Å². The smallest absolute Gasteiger partial charge is 0.266 e. The molecule has 5 nitrogen and oxygen atoms in total. The average molecular weight is 219 g/mol. The fourth-order valence-electron chi connectivity index (χ4n) is 1.50. The predicted octanol–water partition coefficient (Wildman–Crippen LogP) is 0.807. The SMILES string of the molecule is Cc1ccc(-c2nn(C)c(=O)cc2CN)o1. The zero-order chi connectivity index (χ0) is 11.7. The first-order valence-electron chi connectivity index (χ1n) is 4.96. The van der Waals surface area contributed by atoms with Crippen LogP contribution in [0.25, 0.3) is 11.5 Å². The van der Waals surface area contributed by atoms with Gasteiger partial charge in [0, 0.05) is 25.2 Å². The number of rotatable bonds is 2. The monoisotopic (exact) mass is 219 g/mol. The lowest BCUT2D eigenvalue weighted by atomic mass is 10.2. The minimum atomic E-state index is -0.174. The van der Waals surface area contributed by atoms with Gasteiger partial charge in [-0.3, -0.25) is 4.79 Å². The van der Waals surface area contributed by atoms with Crippen molar-refractivity contribution < 1.29 is 4.42 Å². The van der Waals surface area contributed by atoms with E-state index in [0.29, 0.717) is 17.0 Å². The van der Waals surface area contributed by atoms with Crippen molar-refractivity contribution in [1.29, 1.82) is 0 Å². The van der Waals surface area contributed by atoms with Crippen molar-refractivity contribution in [3.63, 3.8) is 0 Å². The van der Waals surface area contributed by atoms with E-state index in [9.17, 15) is 4.79 Å². The number of nitrogens with zero attached hydrogens (tertiary/aromatic N) is 2. The molecular weight excluding hydrogens is 206 g/mol. The maximum absolute atomic E-state index is 11.4. The third kappa shape index (κ3) is 1.77. The minimum absolute atomic E-state index is 0.174. The first-order valence-corrected chi connectivity index (χ1v) is 4.96. The molecule has 2 N–H and O–H groups in total. The van der Waals surface area contributed by atoms with Crippen molar-refractivity contribution in [2.24, 2.45) is 12.8 Å². The normalized spacial score (nSPS) is 10.7. The van der Waals surface area contributed by atoms with Crippen LogP contribution in [0, 0.1) is 6.92 Å². The van der Waals surface area contributed by atoms with E-state index in [1.165, 1.54) is 10.7 Å². The first kappa shape index (κ1) is 10.6. The number of nitrogens with two attached hydrogens (primary N) is 1. The number of aromatic nitrogens is 2. The quantitative estimate of drug-likeness (QED) is 0.811. The first-order chi connectivity index (χ1) is 7.61. The van der Waals surface area contributed by atoms with Crippen LogP contribution < -0.4 is 11.3 Å². The lowest BCUT2D eigenvalue weighted by Gasteiger charge is -2.05. The Bertz CT molecular complexity index is 569. The Morgan fingerprint density at radius 2 is 2.25 bits per heavy atom. The lowest BCUT2D eigenvalue weighted by molar-refractivity contribution is 0.541. The molecule has 2 aromatic heterocycles. The molecule has 0 aliphatic heterocycles. The van der Waals surface area contributed by atoms with E-state index in [0.717, 1.165) is 5.76 Å². The molecule has 0 unspecified atom stereocenters. The Morgan fingerprint density at radius 1 is 1.50 bits per heavy atom. The predicted molar refractivity (Wildman–Crippen MR) is 59.8 cm³/mol. The standard InChI is InChI=1S/C11H13N3O2/c1-7-3-4-9(16-7)11-8(6-12)5-10(15)14(2)13-11/h3-5H,6,12H2,1-2H3. The minimum Gasteiger partial charge on any atom is -0.460 e. The topological polar surface area (TPSA) is 74.0 Å². The highest BCUT2D eigenvalue weighted by Gasteiger charge is 2.11. The highest BCUT2D eigenvalue weighted by molar-refractivity contribution is 5.56. The molecule has 0 spiro atoms. The van der Waals surface area contributed by atoms with Crippen molar-refractivity contribution in [3.05, 3.63) is 39.9 Å². The van der Waals surface area contributed by atoms with E-state index >= 15 is 0 Å². The second-order valence-corrected chi connectivity index (χ2v) is 3.59. The van der Waals surface area contributed by atoms with Crippen molar-refractivity contribution in [2.75, 3.05) is 0 Å². The van der Waals surface area contributed by atoms with Gasteiger partial charge in [-0.25, -0.2) is 4.68 Å². The maximum atomic E-state index is 11.4. The Balaban J connectivity index is 2.63. The highest BCUT2D eigenvalue weighted by atomic mass is 16.3. The summed E-state index contributed by atoms with van der Waals surface area (Å²) in [7, 11) is 1.60. The second kappa shape index (κ2) is 3.94.